The number of aryl methyl sites for hydroxylation is 1. The molecule has 0 saturated heterocycles. The van der Waals surface area contributed by atoms with Crippen molar-refractivity contribution in [1.82, 2.24) is 0 Å². The van der Waals surface area contributed by atoms with E-state index in [-0.39, 0.29) is 21.4 Å². The number of hydrogen-bond acceptors (Lipinski definition) is 4. The number of anilines is 1. The van der Waals surface area contributed by atoms with Crippen molar-refractivity contribution in [1.29, 1.82) is 0 Å². The fourth-order valence-corrected chi connectivity index (χ4v) is 4.79. The number of amides is 1. The van der Waals surface area contributed by atoms with E-state index < -0.39 is 22.5 Å². The molecule has 0 spiro atoms. The van der Waals surface area contributed by atoms with E-state index in [9.17, 15) is 13.2 Å². The molecule has 3 aromatic carbocycles. The van der Waals surface area contributed by atoms with Gasteiger partial charge in [-0.2, -0.15) is 4.31 Å². The van der Waals surface area contributed by atoms with Crippen LogP contribution in [0.3, 0.4) is 0 Å². The molecule has 0 aliphatic rings. The lowest BCUT2D eigenvalue weighted by Gasteiger charge is -2.25. The Morgan fingerprint density at radius 1 is 0.967 bits per heavy atom. The van der Waals surface area contributed by atoms with Crippen LogP contribution in [0, 0.1) is 13.8 Å². The molecule has 0 N–H and O–H groups in total. The summed E-state index contributed by atoms with van der Waals surface area (Å²) in [7, 11) is -4.16. The Kier molecular flexibility index (Phi) is 6.71. The van der Waals surface area contributed by atoms with E-state index in [1.54, 1.807) is 43.3 Å². The third-order valence-electron chi connectivity index (χ3n) is 4.55. The SMILES string of the molecule is Cc1cccc(N(C(=O)COc2ccc(Cl)cc2Cl)S(=O)(=O)c2ccccc2)c1C. The molecule has 0 fully saturated rings. The van der Waals surface area contributed by atoms with Gasteiger partial charge in [-0.3, -0.25) is 4.79 Å². The minimum atomic E-state index is -4.16. The first-order valence-electron chi connectivity index (χ1n) is 8.99. The molecule has 30 heavy (non-hydrogen) atoms. The molecule has 1 amide bonds. The Morgan fingerprint density at radius 3 is 2.33 bits per heavy atom. The van der Waals surface area contributed by atoms with Crippen LogP contribution in [-0.2, 0) is 14.8 Å². The molecule has 0 radical (unpaired) electrons. The zero-order valence-electron chi connectivity index (χ0n) is 16.3. The van der Waals surface area contributed by atoms with Crippen molar-refractivity contribution in [3.63, 3.8) is 0 Å². The largest absolute Gasteiger partial charge is 0.482 e. The Labute approximate surface area is 185 Å². The molecule has 3 rings (SSSR count). The maximum Gasteiger partial charge on any atom is 0.278 e. The van der Waals surface area contributed by atoms with Crippen molar-refractivity contribution >= 4 is 44.8 Å². The summed E-state index contributed by atoms with van der Waals surface area (Å²) in [6, 6.07) is 17.5. The summed E-state index contributed by atoms with van der Waals surface area (Å²) in [5.74, 6) is -0.522. The van der Waals surface area contributed by atoms with Crippen LogP contribution in [0.5, 0.6) is 5.75 Å². The minimum absolute atomic E-state index is 0.00350. The van der Waals surface area contributed by atoms with E-state index in [0.717, 1.165) is 9.87 Å². The molecule has 0 aliphatic carbocycles. The monoisotopic (exact) mass is 463 g/mol. The number of carbonyl (C=O) groups excluding carboxylic acids is 1. The maximum atomic E-state index is 13.4. The highest BCUT2D eigenvalue weighted by Crippen LogP contribution is 2.30. The van der Waals surface area contributed by atoms with Gasteiger partial charge in [0.05, 0.1) is 15.6 Å². The van der Waals surface area contributed by atoms with Crippen molar-refractivity contribution in [3.8, 4) is 5.75 Å². The lowest BCUT2D eigenvalue weighted by Crippen LogP contribution is -2.40. The van der Waals surface area contributed by atoms with E-state index in [4.69, 9.17) is 27.9 Å². The van der Waals surface area contributed by atoms with Crippen LogP contribution in [0.15, 0.2) is 71.6 Å². The van der Waals surface area contributed by atoms with Crippen LogP contribution in [0.4, 0.5) is 5.69 Å². The topological polar surface area (TPSA) is 63.7 Å². The molecule has 0 unspecified atom stereocenters. The third-order valence-corrected chi connectivity index (χ3v) is 6.83. The van der Waals surface area contributed by atoms with E-state index in [1.807, 2.05) is 13.0 Å². The van der Waals surface area contributed by atoms with Crippen molar-refractivity contribution < 1.29 is 17.9 Å². The van der Waals surface area contributed by atoms with Crippen LogP contribution in [0.25, 0.3) is 0 Å². The van der Waals surface area contributed by atoms with Gasteiger partial charge in [0.15, 0.2) is 6.61 Å². The molecule has 0 heterocycles. The van der Waals surface area contributed by atoms with Gasteiger partial charge in [0, 0.05) is 5.02 Å². The summed E-state index contributed by atoms with van der Waals surface area (Å²) in [5, 5.41) is 0.641. The van der Waals surface area contributed by atoms with Crippen molar-refractivity contribution in [2.75, 3.05) is 10.9 Å². The van der Waals surface area contributed by atoms with Crippen LogP contribution in [-0.4, -0.2) is 20.9 Å². The quantitative estimate of drug-likeness (QED) is 0.489. The van der Waals surface area contributed by atoms with Gasteiger partial charge >= 0.3 is 0 Å². The Hall–Kier alpha value is -2.54. The Balaban J connectivity index is 2.01. The van der Waals surface area contributed by atoms with Gasteiger partial charge in [0.1, 0.15) is 5.75 Å². The first-order valence-corrected chi connectivity index (χ1v) is 11.2. The zero-order chi connectivity index (χ0) is 21.9. The number of carbonyl (C=O) groups is 1. The number of halogens is 2. The number of ether oxygens (including phenoxy) is 1. The van der Waals surface area contributed by atoms with Crippen LogP contribution >= 0.6 is 23.2 Å². The van der Waals surface area contributed by atoms with E-state index in [2.05, 4.69) is 0 Å². The average molecular weight is 464 g/mol. The molecule has 0 atom stereocenters. The molecular formula is C22H19Cl2NO4S. The smallest absolute Gasteiger partial charge is 0.278 e. The van der Waals surface area contributed by atoms with Crippen LogP contribution in [0.1, 0.15) is 11.1 Å². The predicted molar refractivity (Wildman–Crippen MR) is 119 cm³/mol. The number of sulfonamides is 1. The molecule has 8 heteroatoms. The van der Waals surface area contributed by atoms with Gasteiger partial charge in [-0.25, -0.2) is 8.42 Å². The van der Waals surface area contributed by atoms with E-state index in [1.165, 1.54) is 24.3 Å². The maximum absolute atomic E-state index is 13.4. The Morgan fingerprint density at radius 2 is 1.67 bits per heavy atom. The number of nitrogens with zero attached hydrogens (tertiary/aromatic N) is 1. The second-order valence-electron chi connectivity index (χ2n) is 6.56. The van der Waals surface area contributed by atoms with Crippen molar-refractivity contribution in [3.05, 3.63) is 87.9 Å². The van der Waals surface area contributed by atoms with Crippen molar-refractivity contribution in [2.45, 2.75) is 18.7 Å². The summed E-state index contributed by atoms with van der Waals surface area (Å²) in [6.45, 7) is 3.09. The molecule has 3 aromatic rings. The minimum Gasteiger partial charge on any atom is -0.482 e. The summed E-state index contributed by atoms with van der Waals surface area (Å²) >= 11 is 12.0. The number of benzene rings is 3. The normalized spacial score (nSPS) is 11.2. The molecule has 5 nitrogen and oxygen atoms in total. The second-order valence-corrected chi connectivity index (χ2v) is 9.19. The molecular weight excluding hydrogens is 445 g/mol. The molecule has 156 valence electrons. The fraction of sp³-hybridized carbons (Fsp3) is 0.136. The van der Waals surface area contributed by atoms with Crippen LogP contribution in [0.2, 0.25) is 10.0 Å². The van der Waals surface area contributed by atoms with Crippen LogP contribution < -0.4 is 9.04 Å². The summed E-state index contributed by atoms with van der Waals surface area (Å²) < 4.78 is 33.0. The van der Waals surface area contributed by atoms with Gasteiger partial charge in [-0.15, -0.1) is 0 Å². The Bertz CT molecular complexity index is 1180. The van der Waals surface area contributed by atoms with Crippen molar-refractivity contribution in [2.24, 2.45) is 0 Å². The van der Waals surface area contributed by atoms with Gasteiger partial charge in [0.25, 0.3) is 15.9 Å². The molecule has 0 aliphatic heterocycles. The van der Waals surface area contributed by atoms with E-state index >= 15 is 0 Å². The summed E-state index contributed by atoms with van der Waals surface area (Å²) in [5.41, 5.74) is 1.81. The molecule has 0 saturated carbocycles. The fourth-order valence-electron chi connectivity index (χ4n) is 2.84. The highest BCUT2D eigenvalue weighted by atomic mass is 35.5. The third kappa shape index (κ3) is 4.61. The number of hydrogen-bond donors (Lipinski definition) is 0. The first-order chi connectivity index (χ1) is 14.2. The average Bonchev–Trinajstić information content (AvgIpc) is 2.71. The zero-order valence-corrected chi connectivity index (χ0v) is 18.6. The summed E-state index contributed by atoms with van der Waals surface area (Å²) in [6.07, 6.45) is 0. The van der Waals surface area contributed by atoms with Gasteiger partial charge in [-0.05, 0) is 61.4 Å². The lowest BCUT2D eigenvalue weighted by molar-refractivity contribution is -0.119. The summed E-state index contributed by atoms with van der Waals surface area (Å²) in [4.78, 5) is 13.1. The predicted octanol–water partition coefficient (Wildman–Crippen LogP) is 5.41. The van der Waals surface area contributed by atoms with Gasteiger partial charge in [-0.1, -0.05) is 53.5 Å². The van der Waals surface area contributed by atoms with Gasteiger partial charge < -0.3 is 4.74 Å². The highest BCUT2D eigenvalue weighted by molar-refractivity contribution is 7.93. The van der Waals surface area contributed by atoms with Gasteiger partial charge in [0.2, 0.25) is 0 Å². The molecule has 0 aromatic heterocycles. The lowest BCUT2D eigenvalue weighted by atomic mass is 10.1. The molecule has 0 bridgehead atoms. The van der Waals surface area contributed by atoms with E-state index in [0.29, 0.717) is 10.6 Å². The number of rotatable bonds is 6. The second kappa shape index (κ2) is 9.08. The first kappa shape index (κ1) is 22.2. The standard InChI is InChI=1S/C22H19Cl2NO4S/c1-15-7-6-10-20(16(15)2)25(30(27,28)18-8-4-3-5-9-18)22(26)14-29-21-12-11-17(23)13-19(21)24/h3-13H,14H2,1-2H3. The highest BCUT2D eigenvalue weighted by Gasteiger charge is 2.32.